The van der Waals surface area contributed by atoms with E-state index in [0.717, 1.165) is 30.2 Å². The summed E-state index contributed by atoms with van der Waals surface area (Å²) in [5, 5.41) is 2.72. The van der Waals surface area contributed by atoms with Crippen LogP contribution in [-0.2, 0) is 0 Å². The molecule has 2 rings (SSSR count). The van der Waals surface area contributed by atoms with Crippen molar-refractivity contribution in [3.05, 3.63) is 65.2 Å². The highest BCUT2D eigenvalue weighted by atomic mass is 19.1. The molecule has 1 atom stereocenters. The van der Waals surface area contributed by atoms with Gasteiger partial charge in [-0.1, -0.05) is 32.0 Å². The van der Waals surface area contributed by atoms with Gasteiger partial charge in [-0.25, -0.2) is 8.78 Å². The highest BCUT2D eigenvalue weighted by molar-refractivity contribution is 6.04. The van der Waals surface area contributed by atoms with Crippen molar-refractivity contribution in [2.75, 3.05) is 5.32 Å². The van der Waals surface area contributed by atoms with Crippen LogP contribution < -0.4 is 5.32 Å². The fourth-order valence-electron chi connectivity index (χ4n) is 2.14. The van der Waals surface area contributed by atoms with Crippen LogP contribution in [0.2, 0.25) is 0 Å². The molecule has 0 heterocycles. The van der Waals surface area contributed by atoms with Gasteiger partial charge in [-0.3, -0.25) is 4.79 Å². The van der Waals surface area contributed by atoms with Crippen molar-refractivity contribution < 1.29 is 13.6 Å². The van der Waals surface area contributed by atoms with E-state index in [1.165, 1.54) is 0 Å². The molecule has 0 unspecified atom stereocenters. The Balaban J connectivity index is 2.27. The zero-order valence-corrected chi connectivity index (χ0v) is 12.0. The number of hydrogen-bond acceptors (Lipinski definition) is 1. The number of rotatable bonds is 4. The first-order valence-corrected chi connectivity index (χ1v) is 6.87. The van der Waals surface area contributed by atoms with Gasteiger partial charge in [-0.2, -0.15) is 0 Å². The van der Waals surface area contributed by atoms with Gasteiger partial charge in [-0.05, 0) is 36.1 Å². The Morgan fingerprint density at radius 1 is 1.14 bits per heavy atom. The Bertz CT molecular complexity index is 635. The summed E-state index contributed by atoms with van der Waals surface area (Å²) in [6.07, 6.45) is 0.932. The summed E-state index contributed by atoms with van der Waals surface area (Å²) in [4.78, 5) is 12.1. The Labute approximate surface area is 122 Å². The number of carbonyl (C=O) groups is 1. The molecule has 1 N–H and O–H groups in total. The SMILES string of the molecule is CC[C@H](C)c1ccccc1NC(=O)c1cc(F)cc(F)c1. The van der Waals surface area contributed by atoms with Crippen LogP contribution in [0.4, 0.5) is 14.5 Å². The van der Waals surface area contributed by atoms with Gasteiger partial charge >= 0.3 is 0 Å². The summed E-state index contributed by atoms with van der Waals surface area (Å²) in [5.41, 5.74) is 1.64. The van der Waals surface area contributed by atoms with E-state index >= 15 is 0 Å². The smallest absolute Gasteiger partial charge is 0.255 e. The first-order valence-electron chi connectivity index (χ1n) is 6.87. The number of para-hydroxylation sites is 1. The fraction of sp³-hybridized carbons (Fsp3) is 0.235. The lowest BCUT2D eigenvalue weighted by atomic mass is 9.97. The molecule has 0 spiro atoms. The molecule has 0 saturated heterocycles. The summed E-state index contributed by atoms with van der Waals surface area (Å²) < 4.78 is 26.3. The lowest BCUT2D eigenvalue weighted by Gasteiger charge is -2.15. The fourth-order valence-corrected chi connectivity index (χ4v) is 2.14. The Morgan fingerprint density at radius 3 is 2.38 bits per heavy atom. The molecule has 0 fully saturated rings. The Kier molecular flexibility index (Phi) is 4.68. The van der Waals surface area contributed by atoms with Crippen molar-refractivity contribution in [2.24, 2.45) is 0 Å². The summed E-state index contributed by atoms with van der Waals surface area (Å²) in [5.74, 6) is -1.78. The minimum absolute atomic E-state index is 0.0357. The van der Waals surface area contributed by atoms with Crippen molar-refractivity contribution in [3.8, 4) is 0 Å². The molecule has 0 aliphatic rings. The van der Waals surface area contributed by atoms with Crippen LogP contribution in [-0.4, -0.2) is 5.91 Å². The molecule has 2 aromatic carbocycles. The van der Waals surface area contributed by atoms with Gasteiger partial charge in [0.05, 0.1) is 0 Å². The van der Waals surface area contributed by atoms with Crippen LogP contribution in [0.25, 0.3) is 0 Å². The van der Waals surface area contributed by atoms with Crippen LogP contribution in [0.1, 0.15) is 42.1 Å². The molecule has 0 saturated carbocycles. The molecule has 2 nitrogen and oxygen atoms in total. The molecule has 0 aliphatic heterocycles. The summed E-state index contributed by atoms with van der Waals surface area (Å²) in [6, 6.07) is 10.2. The number of hydrogen-bond donors (Lipinski definition) is 1. The minimum Gasteiger partial charge on any atom is -0.322 e. The number of amides is 1. The second-order valence-corrected chi connectivity index (χ2v) is 5.01. The molecular formula is C17H17F2NO. The number of halogens is 2. The van der Waals surface area contributed by atoms with Gasteiger partial charge < -0.3 is 5.32 Å². The summed E-state index contributed by atoms with van der Waals surface area (Å²) in [7, 11) is 0. The monoisotopic (exact) mass is 289 g/mol. The van der Waals surface area contributed by atoms with E-state index in [4.69, 9.17) is 0 Å². The van der Waals surface area contributed by atoms with Crippen LogP contribution >= 0.6 is 0 Å². The second kappa shape index (κ2) is 6.48. The molecule has 110 valence electrons. The van der Waals surface area contributed by atoms with Crippen molar-refractivity contribution in [3.63, 3.8) is 0 Å². The van der Waals surface area contributed by atoms with E-state index < -0.39 is 17.5 Å². The molecule has 4 heteroatoms. The summed E-state index contributed by atoms with van der Waals surface area (Å²) in [6.45, 7) is 4.12. The van der Waals surface area contributed by atoms with Gasteiger partial charge in [0, 0.05) is 17.3 Å². The average molecular weight is 289 g/mol. The maximum absolute atomic E-state index is 13.2. The van der Waals surface area contributed by atoms with Crippen LogP contribution in [0.15, 0.2) is 42.5 Å². The Morgan fingerprint density at radius 2 is 1.76 bits per heavy atom. The van der Waals surface area contributed by atoms with Crippen molar-refractivity contribution in [2.45, 2.75) is 26.2 Å². The largest absolute Gasteiger partial charge is 0.322 e. The highest BCUT2D eigenvalue weighted by Gasteiger charge is 2.13. The maximum Gasteiger partial charge on any atom is 0.255 e. The third kappa shape index (κ3) is 3.66. The molecule has 0 bridgehead atoms. The van der Waals surface area contributed by atoms with E-state index in [9.17, 15) is 13.6 Å². The van der Waals surface area contributed by atoms with Gasteiger partial charge in [-0.15, -0.1) is 0 Å². The summed E-state index contributed by atoms with van der Waals surface area (Å²) >= 11 is 0. The topological polar surface area (TPSA) is 29.1 Å². The zero-order chi connectivity index (χ0) is 15.4. The number of benzene rings is 2. The van der Waals surface area contributed by atoms with Crippen molar-refractivity contribution >= 4 is 11.6 Å². The number of carbonyl (C=O) groups excluding carboxylic acids is 1. The predicted molar refractivity (Wildman–Crippen MR) is 79.5 cm³/mol. The van der Waals surface area contributed by atoms with Crippen LogP contribution in [0, 0.1) is 11.6 Å². The van der Waals surface area contributed by atoms with Gasteiger partial charge in [0.2, 0.25) is 0 Å². The molecule has 1 amide bonds. The third-order valence-electron chi connectivity index (χ3n) is 3.48. The minimum atomic E-state index is -0.768. The lowest BCUT2D eigenvalue weighted by molar-refractivity contribution is 0.102. The zero-order valence-electron chi connectivity index (χ0n) is 12.0. The lowest BCUT2D eigenvalue weighted by Crippen LogP contribution is -2.14. The van der Waals surface area contributed by atoms with Crippen molar-refractivity contribution in [1.29, 1.82) is 0 Å². The van der Waals surface area contributed by atoms with Gasteiger partial charge in [0.15, 0.2) is 0 Å². The standard InChI is InChI=1S/C17H17F2NO/c1-3-11(2)15-6-4-5-7-16(15)20-17(21)12-8-13(18)10-14(19)9-12/h4-11H,3H2,1-2H3,(H,20,21)/t11-/m0/s1. The highest BCUT2D eigenvalue weighted by Crippen LogP contribution is 2.27. The first kappa shape index (κ1) is 15.2. The van der Waals surface area contributed by atoms with E-state index in [1.54, 1.807) is 6.07 Å². The normalized spacial score (nSPS) is 12.0. The quantitative estimate of drug-likeness (QED) is 0.866. The second-order valence-electron chi connectivity index (χ2n) is 5.01. The first-order chi connectivity index (χ1) is 10.0. The van der Waals surface area contributed by atoms with Crippen LogP contribution in [0.5, 0.6) is 0 Å². The van der Waals surface area contributed by atoms with Crippen molar-refractivity contribution in [1.82, 2.24) is 0 Å². The molecular weight excluding hydrogens is 272 g/mol. The predicted octanol–water partition coefficient (Wildman–Crippen LogP) is 4.73. The van der Waals surface area contributed by atoms with E-state index in [2.05, 4.69) is 19.2 Å². The third-order valence-corrected chi connectivity index (χ3v) is 3.48. The number of anilines is 1. The van der Waals surface area contributed by atoms with E-state index in [-0.39, 0.29) is 11.5 Å². The Hall–Kier alpha value is -2.23. The average Bonchev–Trinajstić information content (AvgIpc) is 2.46. The molecule has 0 aliphatic carbocycles. The molecule has 21 heavy (non-hydrogen) atoms. The molecule has 0 aromatic heterocycles. The van der Waals surface area contributed by atoms with Gasteiger partial charge in [0.25, 0.3) is 5.91 Å². The van der Waals surface area contributed by atoms with E-state index in [0.29, 0.717) is 5.69 Å². The van der Waals surface area contributed by atoms with Crippen LogP contribution in [0.3, 0.4) is 0 Å². The van der Waals surface area contributed by atoms with Gasteiger partial charge in [0.1, 0.15) is 11.6 Å². The maximum atomic E-state index is 13.2. The number of nitrogens with one attached hydrogen (secondary N) is 1. The molecule has 0 radical (unpaired) electrons. The van der Waals surface area contributed by atoms with E-state index in [1.807, 2.05) is 18.2 Å². The molecule has 2 aromatic rings.